The van der Waals surface area contributed by atoms with Crippen molar-refractivity contribution in [2.45, 2.75) is 27.2 Å². The second-order valence-electron chi connectivity index (χ2n) is 6.92. The van der Waals surface area contributed by atoms with Crippen LogP contribution in [-0.4, -0.2) is 12.5 Å². The summed E-state index contributed by atoms with van der Waals surface area (Å²) in [6.07, 6.45) is 4.96. The van der Waals surface area contributed by atoms with Gasteiger partial charge in [-0.05, 0) is 41.2 Å². The molecule has 2 aromatic carbocycles. The lowest BCUT2D eigenvalue weighted by atomic mass is 9.95. The summed E-state index contributed by atoms with van der Waals surface area (Å²) in [6, 6.07) is 15.3. The summed E-state index contributed by atoms with van der Waals surface area (Å²) >= 11 is 6.12. The first kappa shape index (κ1) is 18.3. The van der Waals surface area contributed by atoms with Crippen LogP contribution in [0.15, 0.2) is 54.6 Å². The maximum Gasteiger partial charge on any atom is 0.251 e. The predicted molar refractivity (Wildman–Crippen MR) is 102 cm³/mol. The molecule has 0 atom stereocenters. The van der Waals surface area contributed by atoms with Gasteiger partial charge in [-0.25, -0.2) is 0 Å². The van der Waals surface area contributed by atoms with Gasteiger partial charge in [-0.15, -0.1) is 0 Å². The Labute approximate surface area is 149 Å². The Bertz CT molecular complexity index is 711. The Kier molecular flexibility index (Phi) is 6.22. The highest BCUT2D eigenvalue weighted by molar-refractivity contribution is 6.31. The first-order valence-electron chi connectivity index (χ1n) is 8.16. The Morgan fingerprint density at radius 3 is 2.38 bits per heavy atom. The molecule has 24 heavy (non-hydrogen) atoms. The van der Waals surface area contributed by atoms with Crippen LogP contribution in [0, 0.1) is 5.41 Å². The highest BCUT2D eigenvalue weighted by atomic mass is 35.5. The van der Waals surface area contributed by atoms with Gasteiger partial charge in [-0.1, -0.05) is 74.9 Å². The minimum atomic E-state index is -0.0617. The quantitative estimate of drug-likeness (QED) is 0.778. The SMILES string of the molecule is CC(C)(C)/C=C/c1ccc(C(=O)NCCc2ccccc2Cl)cc1. The minimum absolute atomic E-state index is 0.0617. The van der Waals surface area contributed by atoms with Crippen LogP contribution < -0.4 is 5.32 Å². The maximum absolute atomic E-state index is 12.2. The molecule has 0 fully saturated rings. The molecule has 2 rings (SSSR count). The molecule has 126 valence electrons. The zero-order valence-corrected chi connectivity index (χ0v) is 15.2. The van der Waals surface area contributed by atoms with Gasteiger partial charge in [0, 0.05) is 17.1 Å². The summed E-state index contributed by atoms with van der Waals surface area (Å²) in [6.45, 7) is 7.03. The van der Waals surface area contributed by atoms with Crippen molar-refractivity contribution in [3.8, 4) is 0 Å². The third-order valence-electron chi connectivity index (χ3n) is 3.59. The number of hydrogen-bond acceptors (Lipinski definition) is 1. The van der Waals surface area contributed by atoms with Gasteiger partial charge in [0.2, 0.25) is 0 Å². The highest BCUT2D eigenvalue weighted by Gasteiger charge is 2.06. The molecule has 1 N–H and O–H groups in total. The molecule has 0 saturated carbocycles. The molecule has 2 nitrogen and oxygen atoms in total. The molecule has 0 bridgehead atoms. The third kappa shape index (κ3) is 5.86. The predicted octanol–water partition coefficient (Wildman–Crippen LogP) is 5.37. The lowest BCUT2D eigenvalue weighted by Gasteiger charge is -2.11. The van der Waals surface area contributed by atoms with Gasteiger partial charge in [0.25, 0.3) is 5.91 Å². The Morgan fingerprint density at radius 2 is 1.75 bits per heavy atom. The summed E-state index contributed by atoms with van der Waals surface area (Å²) in [7, 11) is 0. The fraction of sp³-hybridized carbons (Fsp3) is 0.286. The number of carbonyl (C=O) groups is 1. The first-order chi connectivity index (χ1) is 11.3. The molecule has 0 heterocycles. The smallest absolute Gasteiger partial charge is 0.251 e. The molecule has 0 aliphatic carbocycles. The average Bonchev–Trinajstić information content (AvgIpc) is 2.54. The molecular weight excluding hydrogens is 318 g/mol. The van der Waals surface area contributed by atoms with Crippen LogP contribution in [0.4, 0.5) is 0 Å². The van der Waals surface area contributed by atoms with Crippen LogP contribution in [0.25, 0.3) is 6.08 Å². The van der Waals surface area contributed by atoms with E-state index in [9.17, 15) is 4.79 Å². The van der Waals surface area contributed by atoms with E-state index in [0.717, 1.165) is 22.6 Å². The monoisotopic (exact) mass is 341 g/mol. The summed E-state index contributed by atoms with van der Waals surface area (Å²) < 4.78 is 0. The lowest BCUT2D eigenvalue weighted by Crippen LogP contribution is -2.25. The van der Waals surface area contributed by atoms with E-state index in [-0.39, 0.29) is 11.3 Å². The van der Waals surface area contributed by atoms with E-state index in [1.165, 1.54) is 0 Å². The molecule has 0 spiro atoms. The van der Waals surface area contributed by atoms with Crippen molar-refractivity contribution < 1.29 is 4.79 Å². The van der Waals surface area contributed by atoms with E-state index >= 15 is 0 Å². The van der Waals surface area contributed by atoms with E-state index in [1.54, 1.807) is 0 Å². The fourth-order valence-electron chi connectivity index (χ4n) is 2.21. The van der Waals surface area contributed by atoms with Crippen molar-refractivity contribution in [2.24, 2.45) is 5.41 Å². The number of carbonyl (C=O) groups excluding carboxylic acids is 1. The van der Waals surface area contributed by atoms with Crippen molar-refractivity contribution in [3.63, 3.8) is 0 Å². The number of allylic oxidation sites excluding steroid dienone is 1. The van der Waals surface area contributed by atoms with Gasteiger partial charge in [0.05, 0.1) is 0 Å². The summed E-state index contributed by atoms with van der Waals surface area (Å²) in [4.78, 5) is 12.2. The molecule has 0 unspecified atom stereocenters. The number of halogens is 1. The van der Waals surface area contributed by atoms with Gasteiger partial charge < -0.3 is 5.32 Å². The maximum atomic E-state index is 12.2. The largest absolute Gasteiger partial charge is 0.352 e. The minimum Gasteiger partial charge on any atom is -0.352 e. The van der Waals surface area contributed by atoms with Gasteiger partial charge in [-0.3, -0.25) is 4.79 Å². The van der Waals surface area contributed by atoms with Gasteiger partial charge in [0.15, 0.2) is 0 Å². The summed E-state index contributed by atoms with van der Waals surface area (Å²) in [5.74, 6) is -0.0617. The van der Waals surface area contributed by atoms with E-state index in [2.05, 4.69) is 38.2 Å². The van der Waals surface area contributed by atoms with Crippen LogP contribution in [0.2, 0.25) is 5.02 Å². The second kappa shape index (κ2) is 8.16. The number of nitrogens with one attached hydrogen (secondary N) is 1. The van der Waals surface area contributed by atoms with Gasteiger partial charge in [0.1, 0.15) is 0 Å². The van der Waals surface area contributed by atoms with Crippen LogP contribution in [-0.2, 0) is 6.42 Å². The Balaban J connectivity index is 1.89. The number of benzene rings is 2. The average molecular weight is 342 g/mol. The molecular formula is C21H24ClNO. The molecule has 1 amide bonds. The van der Waals surface area contributed by atoms with E-state index in [0.29, 0.717) is 12.1 Å². The second-order valence-corrected chi connectivity index (χ2v) is 7.33. The lowest BCUT2D eigenvalue weighted by molar-refractivity contribution is 0.0954. The topological polar surface area (TPSA) is 29.1 Å². The van der Waals surface area contributed by atoms with Crippen molar-refractivity contribution in [1.82, 2.24) is 5.32 Å². The Morgan fingerprint density at radius 1 is 1.08 bits per heavy atom. The normalized spacial score (nSPS) is 11.7. The van der Waals surface area contributed by atoms with Crippen molar-refractivity contribution in [1.29, 1.82) is 0 Å². The summed E-state index contributed by atoms with van der Waals surface area (Å²) in [5, 5.41) is 3.67. The third-order valence-corrected chi connectivity index (χ3v) is 3.96. The molecule has 3 heteroatoms. The van der Waals surface area contributed by atoms with Crippen molar-refractivity contribution in [2.75, 3.05) is 6.54 Å². The molecule has 2 aromatic rings. The Hall–Kier alpha value is -2.06. The standard InChI is InChI=1S/C21H24ClNO/c1-21(2,3)14-12-16-8-10-18(11-9-16)20(24)23-15-13-17-6-4-5-7-19(17)22/h4-12,14H,13,15H2,1-3H3,(H,23,24)/b14-12+. The number of rotatable bonds is 5. The highest BCUT2D eigenvalue weighted by Crippen LogP contribution is 2.17. The van der Waals surface area contributed by atoms with Gasteiger partial charge in [-0.2, -0.15) is 0 Å². The number of hydrogen-bond donors (Lipinski definition) is 1. The van der Waals surface area contributed by atoms with Gasteiger partial charge >= 0.3 is 0 Å². The van der Waals surface area contributed by atoms with Crippen LogP contribution in [0.5, 0.6) is 0 Å². The molecule has 0 aliphatic heterocycles. The zero-order valence-electron chi connectivity index (χ0n) is 14.5. The van der Waals surface area contributed by atoms with E-state index in [4.69, 9.17) is 11.6 Å². The molecule has 0 aliphatic rings. The fourth-order valence-corrected chi connectivity index (χ4v) is 2.44. The molecule has 0 saturated heterocycles. The van der Waals surface area contributed by atoms with Crippen LogP contribution >= 0.6 is 11.6 Å². The van der Waals surface area contributed by atoms with Crippen molar-refractivity contribution >= 4 is 23.6 Å². The van der Waals surface area contributed by atoms with Crippen LogP contribution in [0.3, 0.4) is 0 Å². The van der Waals surface area contributed by atoms with Crippen LogP contribution in [0.1, 0.15) is 42.3 Å². The van der Waals surface area contributed by atoms with E-state index < -0.39 is 0 Å². The first-order valence-corrected chi connectivity index (χ1v) is 8.54. The zero-order chi connectivity index (χ0) is 17.6. The van der Waals surface area contributed by atoms with Crippen molar-refractivity contribution in [3.05, 3.63) is 76.3 Å². The summed E-state index contributed by atoms with van der Waals surface area (Å²) in [5.41, 5.74) is 2.95. The molecule has 0 radical (unpaired) electrons. The van der Waals surface area contributed by atoms with E-state index in [1.807, 2.05) is 48.5 Å². The number of amides is 1. The molecule has 0 aromatic heterocycles.